The van der Waals surface area contributed by atoms with Crippen LogP contribution in [0.25, 0.3) is 0 Å². The molecule has 0 bridgehead atoms. The molecule has 1 aliphatic rings. The summed E-state index contributed by atoms with van der Waals surface area (Å²) in [7, 11) is 1.97. The number of aromatic nitrogens is 1. The van der Waals surface area contributed by atoms with Gasteiger partial charge in [-0.15, -0.1) is 0 Å². The molecule has 1 aromatic rings. The lowest BCUT2D eigenvalue weighted by Gasteiger charge is -2.36. The van der Waals surface area contributed by atoms with Crippen LogP contribution in [0.5, 0.6) is 0 Å². The van der Waals surface area contributed by atoms with Crippen molar-refractivity contribution >= 4 is 5.82 Å². The number of rotatable bonds is 4. The van der Waals surface area contributed by atoms with Gasteiger partial charge in [0.15, 0.2) is 0 Å². The van der Waals surface area contributed by atoms with Gasteiger partial charge in [-0.3, -0.25) is 0 Å². The number of pyridine rings is 1. The van der Waals surface area contributed by atoms with E-state index in [1.54, 1.807) is 0 Å². The molecule has 1 N–H and O–H groups in total. The summed E-state index contributed by atoms with van der Waals surface area (Å²) in [5.74, 6) is 1.09. The summed E-state index contributed by atoms with van der Waals surface area (Å²) in [5.41, 5.74) is 2.38. The number of aryl methyl sites for hydroxylation is 1. The molecule has 1 atom stereocenters. The van der Waals surface area contributed by atoms with Crippen molar-refractivity contribution < 1.29 is 4.74 Å². The van der Waals surface area contributed by atoms with Crippen LogP contribution in [0.2, 0.25) is 0 Å². The van der Waals surface area contributed by atoms with Gasteiger partial charge in [0.2, 0.25) is 0 Å². The second-order valence-corrected chi connectivity index (χ2v) is 4.84. The van der Waals surface area contributed by atoms with Crippen molar-refractivity contribution in [2.45, 2.75) is 32.9 Å². The minimum absolute atomic E-state index is 0.454. The van der Waals surface area contributed by atoms with Crippen LogP contribution in [0.15, 0.2) is 12.1 Å². The first-order valence-corrected chi connectivity index (χ1v) is 6.71. The van der Waals surface area contributed by atoms with E-state index in [1.807, 2.05) is 7.05 Å². The average molecular weight is 249 g/mol. The lowest BCUT2D eigenvalue weighted by molar-refractivity contribution is 0.0925. The molecule has 2 rings (SSSR count). The van der Waals surface area contributed by atoms with Crippen molar-refractivity contribution in [3.8, 4) is 0 Å². The van der Waals surface area contributed by atoms with Crippen molar-refractivity contribution in [3.63, 3.8) is 0 Å². The molecule has 0 amide bonds. The molecular formula is C14H23N3O. The van der Waals surface area contributed by atoms with Crippen LogP contribution < -0.4 is 10.2 Å². The lowest BCUT2D eigenvalue weighted by atomic mass is 10.1. The van der Waals surface area contributed by atoms with Crippen molar-refractivity contribution in [2.75, 3.05) is 31.7 Å². The smallest absolute Gasteiger partial charge is 0.129 e. The van der Waals surface area contributed by atoms with Gasteiger partial charge in [0, 0.05) is 18.8 Å². The molecule has 1 unspecified atom stereocenters. The van der Waals surface area contributed by atoms with E-state index < -0.39 is 0 Å². The van der Waals surface area contributed by atoms with Gasteiger partial charge in [-0.2, -0.15) is 0 Å². The summed E-state index contributed by atoms with van der Waals surface area (Å²) < 4.78 is 5.55. The second kappa shape index (κ2) is 6.16. The molecule has 0 aliphatic carbocycles. The zero-order valence-corrected chi connectivity index (χ0v) is 11.6. The maximum absolute atomic E-state index is 5.55. The average Bonchev–Trinajstić information content (AvgIpc) is 2.38. The van der Waals surface area contributed by atoms with Crippen LogP contribution in [0.1, 0.15) is 24.6 Å². The number of hydrogen-bond acceptors (Lipinski definition) is 4. The topological polar surface area (TPSA) is 37.4 Å². The summed E-state index contributed by atoms with van der Waals surface area (Å²) in [6, 6.07) is 4.79. The molecule has 4 nitrogen and oxygen atoms in total. The molecule has 0 saturated carbocycles. The van der Waals surface area contributed by atoms with Crippen LogP contribution in [-0.2, 0) is 11.3 Å². The summed E-state index contributed by atoms with van der Waals surface area (Å²) >= 11 is 0. The Hall–Kier alpha value is -1.13. The van der Waals surface area contributed by atoms with Crippen LogP contribution in [0.4, 0.5) is 5.82 Å². The molecular weight excluding hydrogens is 226 g/mol. The fraction of sp³-hybridized carbons (Fsp3) is 0.643. The Kier molecular flexibility index (Phi) is 4.55. The molecule has 1 aromatic heterocycles. The molecule has 1 fully saturated rings. The van der Waals surface area contributed by atoms with Crippen LogP contribution in [0, 0.1) is 6.92 Å². The Balaban J connectivity index is 2.24. The van der Waals surface area contributed by atoms with E-state index in [9.17, 15) is 0 Å². The fourth-order valence-corrected chi connectivity index (χ4v) is 2.47. The Morgan fingerprint density at radius 2 is 2.33 bits per heavy atom. The summed E-state index contributed by atoms with van der Waals surface area (Å²) in [5, 5.41) is 3.20. The molecule has 1 aliphatic heterocycles. The maximum Gasteiger partial charge on any atom is 0.129 e. The van der Waals surface area contributed by atoms with Gasteiger partial charge in [-0.1, -0.05) is 6.92 Å². The van der Waals surface area contributed by atoms with E-state index in [0.29, 0.717) is 6.04 Å². The second-order valence-electron chi connectivity index (χ2n) is 4.84. The van der Waals surface area contributed by atoms with E-state index in [2.05, 4.69) is 41.2 Å². The van der Waals surface area contributed by atoms with Gasteiger partial charge in [-0.05, 0) is 38.1 Å². The monoisotopic (exact) mass is 249 g/mol. The Labute approximate surface area is 109 Å². The van der Waals surface area contributed by atoms with Crippen LogP contribution >= 0.6 is 0 Å². The van der Waals surface area contributed by atoms with E-state index in [1.165, 1.54) is 5.56 Å². The third kappa shape index (κ3) is 3.00. The van der Waals surface area contributed by atoms with Gasteiger partial charge >= 0.3 is 0 Å². The SMILES string of the molecule is CCC1COCCN1c1cc(CNC)cc(C)n1. The standard InChI is InChI=1S/C14H23N3O/c1-4-13-10-18-6-5-17(13)14-8-12(9-15-3)7-11(2)16-14/h7-8,13,15H,4-6,9-10H2,1-3H3. The molecule has 4 heteroatoms. The zero-order valence-electron chi connectivity index (χ0n) is 11.6. The molecule has 0 aromatic carbocycles. The quantitative estimate of drug-likeness (QED) is 0.882. The summed E-state index contributed by atoms with van der Waals surface area (Å²) in [4.78, 5) is 7.07. The first kappa shape index (κ1) is 13.3. The number of morpholine rings is 1. The fourth-order valence-electron chi connectivity index (χ4n) is 2.47. The highest BCUT2D eigenvalue weighted by Gasteiger charge is 2.22. The van der Waals surface area contributed by atoms with Crippen LogP contribution in [-0.4, -0.2) is 37.8 Å². The van der Waals surface area contributed by atoms with Crippen LogP contribution in [0.3, 0.4) is 0 Å². The van der Waals surface area contributed by atoms with E-state index >= 15 is 0 Å². The number of anilines is 1. The number of nitrogens with zero attached hydrogens (tertiary/aromatic N) is 2. The lowest BCUT2D eigenvalue weighted by Crippen LogP contribution is -2.45. The zero-order chi connectivity index (χ0) is 13.0. The molecule has 18 heavy (non-hydrogen) atoms. The highest BCUT2D eigenvalue weighted by molar-refractivity contribution is 5.44. The molecule has 2 heterocycles. The highest BCUT2D eigenvalue weighted by Crippen LogP contribution is 2.21. The minimum Gasteiger partial charge on any atom is -0.377 e. The van der Waals surface area contributed by atoms with Gasteiger partial charge in [-0.25, -0.2) is 4.98 Å². The molecule has 100 valence electrons. The van der Waals surface area contributed by atoms with Gasteiger partial charge < -0.3 is 15.0 Å². The largest absolute Gasteiger partial charge is 0.377 e. The third-order valence-electron chi connectivity index (χ3n) is 3.37. The predicted molar refractivity (Wildman–Crippen MR) is 74.0 cm³/mol. The first-order chi connectivity index (χ1) is 8.74. The Bertz CT molecular complexity index is 395. The van der Waals surface area contributed by atoms with E-state index in [4.69, 9.17) is 4.74 Å². The first-order valence-electron chi connectivity index (χ1n) is 6.71. The number of ether oxygens (including phenoxy) is 1. The van der Waals surface area contributed by atoms with E-state index in [-0.39, 0.29) is 0 Å². The van der Waals surface area contributed by atoms with Crippen molar-refractivity contribution in [3.05, 3.63) is 23.4 Å². The highest BCUT2D eigenvalue weighted by atomic mass is 16.5. The van der Waals surface area contributed by atoms with E-state index in [0.717, 1.165) is 44.2 Å². The minimum atomic E-state index is 0.454. The van der Waals surface area contributed by atoms with Gasteiger partial charge in [0.1, 0.15) is 5.82 Å². The van der Waals surface area contributed by atoms with Crippen molar-refractivity contribution in [1.82, 2.24) is 10.3 Å². The van der Waals surface area contributed by atoms with Gasteiger partial charge in [0.05, 0.1) is 19.3 Å². The third-order valence-corrected chi connectivity index (χ3v) is 3.37. The number of hydrogen-bond donors (Lipinski definition) is 1. The Morgan fingerprint density at radius 1 is 1.50 bits per heavy atom. The number of nitrogens with one attached hydrogen (secondary N) is 1. The molecule has 0 radical (unpaired) electrons. The molecule has 1 saturated heterocycles. The van der Waals surface area contributed by atoms with Gasteiger partial charge in [0.25, 0.3) is 0 Å². The molecule has 0 spiro atoms. The summed E-state index contributed by atoms with van der Waals surface area (Å²) in [6.07, 6.45) is 1.09. The summed E-state index contributed by atoms with van der Waals surface area (Å²) in [6.45, 7) is 7.70. The Morgan fingerprint density at radius 3 is 3.06 bits per heavy atom. The van der Waals surface area contributed by atoms with Crippen molar-refractivity contribution in [2.24, 2.45) is 0 Å². The maximum atomic E-state index is 5.55. The van der Waals surface area contributed by atoms with Crippen molar-refractivity contribution in [1.29, 1.82) is 0 Å². The normalized spacial score (nSPS) is 20.2. The predicted octanol–water partition coefficient (Wildman–Crippen LogP) is 1.72.